The van der Waals surface area contributed by atoms with Gasteiger partial charge in [-0.1, -0.05) is 6.07 Å². The lowest BCUT2D eigenvalue weighted by Crippen LogP contribution is -2.50. The van der Waals surface area contributed by atoms with Crippen molar-refractivity contribution in [1.82, 2.24) is 4.90 Å². The predicted octanol–water partition coefficient (Wildman–Crippen LogP) is 1.02. The van der Waals surface area contributed by atoms with Gasteiger partial charge < -0.3 is 20.5 Å². The van der Waals surface area contributed by atoms with Gasteiger partial charge in [-0.25, -0.2) is 4.79 Å². The molecule has 0 spiro atoms. The molecule has 2 unspecified atom stereocenters. The third kappa shape index (κ3) is 3.20. The van der Waals surface area contributed by atoms with E-state index in [1.807, 2.05) is 0 Å². The Kier molecular flexibility index (Phi) is 4.79. The van der Waals surface area contributed by atoms with E-state index >= 15 is 0 Å². The third-order valence-corrected chi connectivity index (χ3v) is 4.56. The highest BCUT2D eigenvalue weighted by Crippen LogP contribution is 2.27. The molecule has 1 heterocycles. The number of amides is 2. The molecule has 2 amide bonds. The Balaban J connectivity index is 2.06. The number of hydrogen-bond acceptors (Lipinski definition) is 4. The van der Waals surface area contributed by atoms with Crippen LogP contribution in [0.15, 0.2) is 18.2 Å². The number of nitrogens with two attached hydrogens (primary N) is 1. The Hall–Kier alpha value is -1.81. The topological polar surface area (TPSA) is 92.9 Å². The van der Waals surface area contributed by atoms with Crippen molar-refractivity contribution in [3.05, 3.63) is 23.8 Å². The van der Waals surface area contributed by atoms with Gasteiger partial charge in [0.1, 0.15) is 18.1 Å². The lowest BCUT2D eigenvalue weighted by Gasteiger charge is -2.34. The fraction of sp³-hybridized carbons (Fsp3) is 0.385. The average Bonchev–Trinajstić information content (AvgIpc) is 2.45. The second-order valence-corrected chi connectivity index (χ2v) is 5.92. The first-order valence-electron chi connectivity index (χ1n) is 6.30. The number of urea groups is 1. The van der Waals surface area contributed by atoms with Crippen LogP contribution >= 0.6 is 8.58 Å². The molecule has 1 aromatic carbocycles. The van der Waals surface area contributed by atoms with Crippen molar-refractivity contribution < 1.29 is 19.4 Å². The number of carbonyl (C=O) groups excluding carboxylic acids is 2. The number of nitrogens with zero attached hydrogens (tertiary/aromatic N) is 1. The maximum Gasteiger partial charge on any atom is 0.315 e. The van der Waals surface area contributed by atoms with Gasteiger partial charge in [-0.2, -0.15) is 0 Å². The van der Waals surface area contributed by atoms with Crippen molar-refractivity contribution >= 4 is 20.9 Å². The molecule has 1 saturated heterocycles. The minimum atomic E-state index is -0.449. The van der Waals surface area contributed by atoms with Gasteiger partial charge in [0.2, 0.25) is 0 Å². The highest BCUT2D eigenvalue weighted by Gasteiger charge is 2.26. The smallest absolute Gasteiger partial charge is 0.315 e. The molecule has 1 aliphatic heterocycles. The highest BCUT2D eigenvalue weighted by atomic mass is 31.1. The van der Waals surface area contributed by atoms with Gasteiger partial charge in [-0.05, 0) is 24.5 Å². The number of ether oxygens (including phenoxy) is 1. The summed E-state index contributed by atoms with van der Waals surface area (Å²) >= 11 is 0. The summed E-state index contributed by atoms with van der Waals surface area (Å²) in [6.07, 6.45) is 2.36. The second-order valence-electron chi connectivity index (χ2n) is 4.51. The van der Waals surface area contributed by atoms with Gasteiger partial charge in [0.25, 0.3) is 0 Å². The molecule has 0 aromatic heterocycles. The minimum absolute atomic E-state index is 0.0820. The maximum absolute atomic E-state index is 11.4. The Morgan fingerprint density at radius 3 is 3.10 bits per heavy atom. The van der Waals surface area contributed by atoms with Gasteiger partial charge in [0.05, 0.1) is 11.6 Å². The van der Waals surface area contributed by atoms with Crippen LogP contribution in [0.4, 0.5) is 4.79 Å². The number of aromatic hydroxyl groups is 1. The number of phenols is 1. The van der Waals surface area contributed by atoms with Crippen molar-refractivity contribution in [3.63, 3.8) is 0 Å². The van der Waals surface area contributed by atoms with Crippen LogP contribution in [0.1, 0.15) is 10.4 Å². The lowest BCUT2D eigenvalue weighted by atomic mass is 10.2. The molecule has 0 bridgehead atoms. The summed E-state index contributed by atoms with van der Waals surface area (Å²) in [5.41, 5.74) is 5.47. The minimum Gasteiger partial charge on any atom is -0.507 e. The monoisotopic (exact) mass is 296 g/mol. The standard InChI is InChI=1S/C13H17N2O4P/c14-13(18)15-4-5-20-8-9(15)7-19-12-3-1-2-11(17)10(12)6-16/h1-3,6,9,17,20H,4-5,7-8H2,(H2,14,18). The van der Waals surface area contributed by atoms with Crippen LogP contribution in [0.3, 0.4) is 0 Å². The van der Waals surface area contributed by atoms with Crippen LogP contribution in [0, 0.1) is 0 Å². The van der Waals surface area contributed by atoms with Crippen LogP contribution < -0.4 is 10.5 Å². The third-order valence-electron chi connectivity index (χ3n) is 3.23. The van der Waals surface area contributed by atoms with Crippen molar-refractivity contribution in [3.8, 4) is 11.5 Å². The van der Waals surface area contributed by atoms with Crippen molar-refractivity contribution in [2.24, 2.45) is 5.73 Å². The van der Waals surface area contributed by atoms with E-state index in [0.29, 0.717) is 18.6 Å². The summed E-state index contributed by atoms with van der Waals surface area (Å²) in [5.74, 6) is 0.202. The van der Waals surface area contributed by atoms with Crippen LogP contribution in [0.5, 0.6) is 11.5 Å². The van der Waals surface area contributed by atoms with E-state index < -0.39 is 6.03 Å². The summed E-state index contributed by atoms with van der Waals surface area (Å²) in [7, 11) is 0.775. The van der Waals surface area contributed by atoms with Gasteiger partial charge in [0, 0.05) is 6.54 Å². The fourth-order valence-corrected chi connectivity index (χ4v) is 3.44. The molecule has 2 atom stereocenters. The molecule has 6 nitrogen and oxygen atoms in total. The summed E-state index contributed by atoms with van der Waals surface area (Å²) in [4.78, 5) is 23.9. The SMILES string of the molecule is NC(=O)N1CCPCC1COc1cccc(O)c1C=O. The molecule has 1 aliphatic rings. The van der Waals surface area contributed by atoms with Gasteiger partial charge in [-0.3, -0.25) is 4.79 Å². The zero-order valence-corrected chi connectivity index (χ0v) is 11.9. The van der Waals surface area contributed by atoms with Gasteiger partial charge >= 0.3 is 6.03 Å². The van der Waals surface area contributed by atoms with E-state index in [1.165, 1.54) is 6.07 Å². The lowest BCUT2D eigenvalue weighted by molar-refractivity contribution is 0.111. The molecule has 1 aromatic rings. The summed E-state index contributed by atoms with van der Waals surface area (Å²) < 4.78 is 5.59. The van der Waals surface area contributed by atoms with Crippen molar-refractivity contribution in [2.75, 3.05) is 25.5 Å². The van der Waals surface area contributed by atoms with Gasteiger partial charge in [-0.15, -0.1) is 8.58 Å². The van der Waals surface area contributed by atoms with Crippen molar-refractivity contribution in [2.45, 2.75) is 6.04 Å². The number of benzene rings is 1. The van der Waals surface area contributed by atoms with Crippen LogP contribution in [0.25, 0.3) is 0 Å². The molecular weight excluding hydrogens is 279 g/mol. The van der Waals surface area contributed by atoms with E-state index in [0.717, 1.165) is 20.9 Å². The molecule has 1 fully saturated rings. The number of rotatable bonds is 4. The molecule has 0 saturated carbocycles. The molecule has 2 rings (SSSR count). The van der Waals surface area contributed by atoms with E-state index in [1.54, 1.807) is 17.0 Å². The van der Waals surface area contributed by atoms with E-state index in [-0.39, 0.29) is 24.0 Å². The first-order chi connectivity index (χ1) is 9.63. The number of phenolic OH excluding ortho intramolecular Hbond substituents is 1. The van der Waals surface area contributed by atoms with Crippen LogP contribution in [-0.2, 0) is 0 Å². The summed E-state index contributed by atoms with van der Waals surface area (Å²) in [5, 5.41) is 9.57. The zero-order chi connectivity index (χ0) is 14.5. The molecule has 3 N–H and O–H groups in total. The zero-order valence-electron chi connectivity index (χ0n) is 10.9. The predicted molar refractivity (Wildman–Crippen MR) is 77.1 cm³/mol. The maximum atomic E-state index is 11.4. The van der Waals surface area contributed by atoms with E-state index in [9.17, 15) is 14.7 Å². The molecular formula is C13H17N2O4P. The molecule has 108 valence electrons. The van der Waals surface area contributed by atoms with Crippen molar-refractivity contribution in [1.29, 1.82) is 0 Å². The number of primary amides is 1. The average molecular weight is 296 g/mol. The first-order valence-corrected chi connectivity index (χ1v) is 7.71. The normalized spacial score (nSPS) is 19.8. The second kappa shape index (κ2) is 6.57. The summed E-state index contributed by atoms with van der Waals surface area (Å²) in [6, 6.07) is 4.11. The first kappa shape index (κ1) is 14.6. The van der Waals surface area contributed by atoms with E-state index in [4.69, 9.17) is 10.5 Å². The number of hydrogen-bond donors (Lipinski definition) is 2. The Morgan fingerprint density at radius 1 is 1.60 bits per heavy atom. The molecule has 0 aliphatic carbocycles. The molecule has 7 heteroatoms. The Morgan fingerprint density at radius 2 is 2.40 bits per heavy atom. The number of aldehydes is 1. The Bertz CT molecular complexity index is 509. The number of carbonyl (C=O) groups is 2. The van der Waals surface area contributed by atoms with Gasteiger partial charge in [0.15, 0.2) is 6.29 Å². The van der Waals surface area contributed by atoms with Crippen LogP contribution in [-0.4, -0.2) is 53.8 Å². The highest BCUT2D eigenvalue weighted by molar-refractivity contribution is 7.38. The Labute approximate surface area is 118 Å². The largest absolute Gasteiger partial charge is 0.507 e. The summed E-state index contributed by atoms with van der Waals surface area (Å²) in [6.45, 7) is 0.905. The van der Waals surface area contributed by atoms with Crippen LogP contribution in [0.2, 0.25) is 0 Å². The quantitative estimate of drug-likeness (QED) is 0.641. The molecule has 20 heavy (non-hydrogen) atoms. The van der Waals surface area contributed by atoms with E-state index in [2.05, 4.69) is 0 Å². The fourth-order valence-electron chi connectivity index (χ4n) is 2.16. The molecule has 0 radical (unpaired) electrons.